The molecule has 8 nitrogen and oxygen atoms in total. The molecule has 3 radical (unpaired) electrons. The van der Waals surface area contributed by atoms with Crippen molar-refractivity contribution < 1.29 is 55.2 Å². The third kappa shape index (κ3) is 16.8. The first kappa shape index (κ1) is 35.8. The Bertz CT molecular complexity index is 602. The average Bonchev–Trinajstić information content (AvgIpc) is 3.63. The molecule has 0 aromatic rings. The van der Waals surface area contributed by atoms with E-state index in [-0.39, 0.29) is 63.8 Å². The molecule has 0 atom stereocenters. The molecule has 0 amide bonds. The Kier molecular flexibility index (Phi) is 25.5. The molecule has 0 aromatic carbocycles. The molecule has 155 valence electrons. The van der Waals surface area contributed by atoms with Crippen LogP contribution < -0.4 is 29.6 Å². The predicted octanol–water partition coefficient (Wildman–Crippen LogP) is -0.669. The summed E-state index contributed by atoms with van der Waals surface area (Å²) in [5, 5.41) is 35.0. The van der Waals surface area contributed by atoms with Crippen molar-refractivity contribution in [1.29, 1.82) is 15.8 Å². The Morgan fingerprint density at radius 1 is 1.03 bits per heavy atom. The predicted molar refractivity (Wildman–Crippen MR) is 110 cm³/mol. The van der Waals surface area contributed by atoms with Crippen molar-refractivity contribution in [2.45, 2.75) is 32.1 Å². The molecule has 2 rings (SSSR count). The number of nitriles is 3. The number of rotatable bonds is 4. The number of aliphatic hydroxyl groups is 1. The van der Waals surface area contributed by atoms with Gasteiger partial charge in [0.25, 0.3) is 0 Å². The van der Waals surface area contributed by atoms with Crippen LogP contribution in [-0.2, 0) is 19.1 Å². The number of methoxy groups -OCH3 is 2. The number of aliphatic hydroxyl groups excluding tert-OH is 1. The summed E-state index contributed by atoms with van der Waals surface area (Å²) in [5.41, 5.74) is -1.06. The smallest absolute Gasteiger partial charge is 1.00 e. The molecule has 12 heteroatoms. The van der Waals surface area contributed by atoms with E-state index >= 15 is 0 Å². The monoisotopic (exact) mass is 542 g/mol. The van der Waals surface area contributed by atoms with Crippen molar-refractivity contribution in [3.8, 4) is 18.2 Å². The molecule has 0 unspecified atom stereocenters. The molecule has 2 fully saturated rings. The summed E-state index contributed by atoms with van der Waals surface area (Å²) in [6.45, 7) is 0.0451. The van der Waals surface area contributed by atoms with Crippen LogP contribution in [-0.4, -0.2) is 56.9 Å². The van der Waals surface area contributed by atoms with Crippen molar-refractivity contribution in [3.05, 3.63) is 0 Å². The van der Waals surface area contributed by atoms with Crippen LogP contribution in [0.4, 0.5) is 0 Å². The molecule has 2 aliphatic rings. The average molecular weight is 544 g/mol. The largest absolute Gasteiger partial charge is 1.00 e. The zero-order chi connectivity index (χ0) is 21.3. The standard InChI is InChI=1S/C6H7NO2.C5H7NO.C4H5NO2.C2H4Br2.B.Na.H/c1-9-5(8)6(4-7)2-3-6;6-3-5(4-7)1-2-5;1-7-4(6)2-3-5;3-1-2-4;;;/h2-3H2,1H3;7H,1-2,4H2;2H2,1H3;1-2H2;;;/q;;;;;+1;-1. The topological polar surface area (TPSA) is 144 Å². The van der Waals surface area contributed by atoms with Crippen molar-refractivity contribution in [2.75, 3.05) is 31.5 Å². The second-order valence-electron chi connectivity index (χ2n) is 5.52. The molecule has 0 aliphatic heterocycles. The number of carbonyl (C=O) groups is 2. The summed E-state index contributed by atoms with van der Waals surface area (Å²) < 4.78 is 8.54. The van der Waals surface area contributed by atoms with Gasteiger partial charge in [-0.15, -0.1) is 0 Å². The minimum absolute atomic E-state index is 0. The summed E-state index contributed by atoms with van der Waals surface area (Å²) in [5.74, 6) is -0.868. The van der Waals surface area contributed by atoms with E-state index in [1.165, 1.54) is 14.2 Å². The fourth-order valence-electron chi connectivity index (χ4n) is 1.27. The summed E-state index contributed by atoms with van der Waals surface area (Å²) >= 11 is 6.40. The van der Waals surface area contributed by atoms with Crippen LogP contribution in [0.15, 0.2) is 0 Å². The van der Waals surface area contributed by atoms with Gasteiger partial charge in [0.05, 0.1) is 44.4 Å². The van der Waals surface area contributed by atoms with Gasteiger partial charge >= 0.3 is 41.5 Å². The summed E-state index contributed by atoms with van der Waals surface area (Å²) in [6, 6.07) is 5.62. The molecule has 2 aliphatic carbocycles. The molecule has 0 bridgehead atoms. The van der Waals surface area contributed by atoms with Gasteiger partial charge in [0.1, 0.15) is 6.42 Å². The SMILES string of the molecule is BrCCBr.COC(=O)C1(C#N)CC1.COC(=O)CC#N.N#CC1(CO)CC1.[B].[H-].[Na+]. The second-order valence-corrected chi connectivity index (χ2v) is 7.11. The summed E-state index contributed by atoms with van der Waals surface area (Å²) in [6.07, 6.45) is 2.95. The fraction of sp³-hybridized carbons (Fsp3) is 0.706. The minimum Gasteiger partial charge on any atom is -1.00 e. The number of esters is 2. The maximum absolute atomic E-state index is 10.7. The Morgan fingerprint density at radius 2 is 1.52 bits per heavy atom. The van der Waals surface area contributed by atoms with E-state index in [0.717, 1.165) is 23.5 Å². The van der Waals surface area contributed by atoms with Crippen LogP contribution in [0.5, 0.6) is 0 Å². The van der Waals surface area contributed by atoms with Gasteiger partial charge in [0.2, 0.25) is 0 Å². The molecule has 2 saturated carbocycles. The molecule has 0 heterocycles. The fourth-order valence-corrected chi connectivity index (χ4v) is 1.27. The van der Waals surface area contributed by atoms with Gasteiger partial charge in [0, 0.05) is 19.1 Å². The molecular formula is C17H24BBr2N3NaO5. The second kappa shape index (κ2) is 20.7. The number of carbonyl (C=O) groups excluding carboxylic acids is 2. The van der Waals surface area contributed by atoms with Crippen LogP contribution in [0.2, 0.25) is 0 Å². The van der Waals surface area contributed by atoms with Gasteiger partial charge < -0.3 is 16.0 Å². The zero-order valence-corrected chi connectivity index (χ0v) is 22.1. The maximum Gasteiger partial charge on any atom is 1.00 e. The van der Waals surface area contributed by atoms with E-state index in [4.69, 9.17) is 20.9 Å². The van der Waals surface area contributed by atoms with Gasteiger partial charge in [-0.3, -0.25) is 9.59 Å². The van der Waals surface area contributed by atoms with Gasteiger partial charge in [-0.05, 0) is 25.7 Å². The van der Waals surface area contributed by atoms with Gasteiger partial charge in [-0.2, -0.15) is 15.8 Å². The normalized spacial score (nSPS) is 14.6. The van der Waals surface area contributed by atoms with E-state index in [1.807, 2.05) is 6.07 Å². The van der Waals surface area contributed by atoms with Gasteiger partial charge in [-0.25, -0.2) is 0 Å². The van der Waals surface area contributed by atoms with Crippen LogP contribution in [0, 0.1) is 44.8 Å². The summed E-state index contributed by atoms with van der Waals surface area (Å²) in [4.78, 5) is 20.6. The first-order valence-corrected chi connectivity index (χ1v) is 10.1. The molecule has 0 saturated heterocycles. The third-order valence-electron chi connectivity index (χ3n) is 3.46. The number of nitrogens with zero attached hydrogens (tertiary/aromatic N) is 3. The molecule has 0 spiro atoms. The number of alkyl halides is 2. The number of hydrogen-bond donors (Lipinski definition) is 1. The van der Waals surface area contributed by atoms with Crippen LogP contribution in [0.1, 0.15) is 33.5 Å². The van der Waals surface area contributed by atoms with E-state index in [1.54, 1.807) is 6.07 Å². The van der Waals surface area contributed by atoms with Gasteiger partial charge in [0.15, 0.2) is 5.41 Å². The quantitative estimate of drug-likeness (QED) is 0.279. The van der Waals surface area contributed by atoms with Crippen molar-refractivity contribution in [3.63, 3.8) is 0 Å². The van der Waals surface area contributed by atoms with Crippen molar-refractivity contribution >= 4 is 52.2 Å². The Hall–Kier alpha value is -0.605. The molecule has 29 heavy (non-hydrogen) atoms. The van der Waals surface area contributed by atoms with Crippen LogP contribution >= 0.6 is 31.9 Å². The number of hydrogen-bond acceptors (Lipinski definition) is 8. The van der Waals surface area contributed by atoms with E-state index in [9.17, 15) is 9.59 Å². The van der Waals surface area contributed by atoms with E-state index in [2.05, 4.69) is 47.4 Å². The number of halogens is 2. The molecular weight excluding hydrogens is 520 g/mol. The van der Waals surface area contributed by atoms with Crippen LogP contribution in [0.3, 0.4) is 0 Å². The third-order valence-corrected chi connectivity index (χ3v) is 5.31. The first-order valence-electron chi connectivity index (χ1n) is 7.88. The van der Waals surface area contributed by atoms with Crippen LogP contribution in [0.25, 0.3) is 0 Å². The maximum atomic E-state index is 10.7. The van der Waals surface area contributed by atoms with Crippen molar-refractivity contribution in [1.82, 2.24) is 0 Å². The molecule has 1 N–H and O–H groups in total. The van der Waals surface area contributed by atoms with E-state index in [0.29, 0.717) is 12.8 Å². The molecule has 0 aromatic heterocycles. The van der Waals surface area contributed by atoms with Gasteiger partial charge in [-0.1, -0.05) is 31.9 Å². The Labute approximate surface area is 214 Å². The zero-order valence-electron chi connectivity index (χ0n) is 17.9. The minimum atomic E-state index is -0.755. The Balaban J connectivity index is -0.0000000924. The summed E-state index contributed by atoms with van der Waals surface area (Å²) in [7, 11) is 2.55. The first-order chi connectivity index (χ1) is 12.8. The van der Waals surface area contributed by atoms with E-state index < -0.39 is 11.4 Å². The Morgan fingerprint density at radius 3 is 1.59 bits per heavy atom. The van der Waals surface area contributed by atoms with Crippen molar-refractivity contribution in [2.24, 2.45) is 10.8 Å². The number of ether oxygens (including phenoxy) is 2.